The molecule has 25 heavy (non-hydrogen) atoms. The largest absolute Gasteiger partial charge is 0.481 e. The van der Waals surface area contributed by atoms with Crippen LogP contribution in [0.5, 0.6) is 0 Å². The number of aliphatic carboxylic acids is 1. The van der Waals surface area contributed by atoms with Crippen LogP contribution in [-0.2, 0) is 19.2 Å². The maximum absolute atomic E-state index is 12.3. The first kappa shape index (κ1) is 20.9. The van der Waals surface area contributed by atoms with Crippen molar-refractivity contribution in [3.05, 3.63) is 0 Å². The van der Waals surface area contributed by atoms with Crippen molar-refractivity contribution in [2.75, 3.05) is 26.7 Å². The Hall–Kier alpha value is -2.12. The minimum Gasteiger partial charge on any atom is -0.481 e. The zero-order valence-electron chi connectivity index (χ0n) is 15.3. The molecule has 1 rings (SSSR count). The Balaban J connectivity index is 2.35. The first-order valence-electron chi connectivity index (χ1n) is 8.74. The summed E-state index contributed by atoms with van der Waals surface area (Å²) in [6.45, 7) is 4.41. The van der Waals surface area contributed by atoms with Gasteiger partial charge in [0.1, 0.15) is 0 Å². The molecule has 2 N–H and O–H groups in total. The van der Waals surface area contributed by atoms with E-state index in [0.29, 0.717) is 25.8 Å². The second-order valence-corrected chi connectivity index (χ2v) is 6.84. The SMILES string of the molecule is CC(C)NC(=O)CCCC(=O)N(C)CC(=O)N1CCCC(C(=O)O)C1. The number of hydrogen-bond acceptors (Lipinski definition) is 4. The predicted molar refractivity (Wildman–Crippen MR) is 91.7 cm³/mol. The lowest BCUT2D eigenvalue weighted by Crippen LogP contribution is -2.46. The van der Waals surface area contributed by atoms with Gasteiger partial charge in [-0.1, -0.05) is 0 Å². The quantitative estimate of drug-likeness (QED) is 0.658. The average Bonchev–Trinajstić information content (AvgIpc) is 2.53. The third-order valence-corrected chi connectivity index (χ3v) is 4.17. The zero-order chi connectivity index (χ0) is 19.0. The Morgan fingerprint density at radius 1 is 1.24 bits per heavy atom. The lowest BCUT2D eigenvalue weighted by molar-refractivity contribution is -0.147. The van der Waals surface area contributed by atoms with Gasteiger partial charge < -0.3 is 20.2 Å². The summed E-state index contributed by atoms with van der Waals surface area (Å²) < 4.78 is 0. The van der Waals surface area contributed by atoms with Gasteiger partial charge in [0, 0.05) is 39.0 Å². The van der Waals surface area contributed by atoms with Crippen LogP contribution < -0.4 is 5.32 Å². The van der Waals surface area contributed by atoms with Crippen LogP contribution in [0.2, 0.25) is 0 Å². The number of carbonyl (C=O) groups is 4. The van der Waals surface area contributed by atoms with Gasteiger partial charge >= 0.3 is 5.97 Å². The summed E-state index contributed by atoms with van der Waals surface area (Å²) in [6.07, 6.45) is 2.14. The first-order valence-corrected chi connectivity index (χ1v) is 8.74. The molecule has 142 valence electrons. The van der Waals surface area contributed by atoms with Crippen LogP contribution in [0.25, 0.3) is 0 Å². The van der Waals surface area contributed by atoms with Crippen LogP contribution in [0, 0.1) is 5.92 Å². The molecule has 1 atom stereocenters. The second kappa shape index (κ2) is 10.0. The highest BCUT2D eigenvalue weighted by atomic mass is 16.4. The van der Waals surface area contributed by atoms with Crippen molar-refractivity contribution in [1.29, 1.82) is 0 Å². The number of nitrogens with one attached hydrogen (secondary N) is 1. The van der Waals surface area contributed by atoms with Gasteiger partial charge in [0.05, 0.1) is 12.5 Å². The molecule has 0 aromatic heterocycles. The van der Waals surface area contributed by atoms with Gasteiger partial charge in [-0.05, 0) is 33.1 Å². The van der Waals surface area contributed by atoms with Crippen molar-refractivity contribution in [3.8, 4) is 0 Å². The van der Waals surface area contributed by atoms with E-state index in [1.165, 1.54) is 9.80 Å². The Bertz CT molecular complexity index is 507. The number of carbonyl (C=O) groups excluding carboxylic acids is 3. The van der Waals surface area contributed by atoms with Crippen molar-refractivity contribution in [3.63, 3.8) is 0 Å². The molecule has 1 saturated heterocycles. The zero-order valence-corrected chi connectivity index (χ0v) is 15.3. The molecule has 0 spiro atoms. The number of nitrogens with zero attached hydrogens (tertiary/aromatic N) is 2. The average molecular weight is 355 g/mol. The molecule has 0 saturated carbocycles. The number of likely N-dealkylation sites (N-methyl/N-ethyl adjacent to an activating group) is 1. The second-order valence-electron chi connectivity index (χ2n) is 6.84. The lowest BCUT2D eigenvalue weighted by Gasteiger charge is -2.32. The summed E-state index contributed by atoms with van der Waals surface area (Å²) in [4.78, 5) is 49.8. The van der Waals surface area contributed by atoms with Crippen molar-refractivity contribution in [2.24, 2.45) is 5.92 Å². The summed E-state index contributed by atoms with van der Waals surface area (Å²) in [6, 6.07) is 0.0719. The fraction of sp³-hybridized carbons (Fsp3) is 0.765. The molecular formula is C17H29N3O5. The highest BCUT2D eigenvalue weighted by Gasteiger charge is 2.28. The fourth-order valence-corrected chi connectivity index (χ4v) is 2.78. The molecule has 1 unspecified atom stereocenters. The van der Waals surface area contributed by atoms with E-state index in [1.807, 2.05) is 13.8 Å². The molecule has 8 heteroatoms. The van der Waals surface area contributed by atoms with E-state index < -0.39 is 11.9 Å². The molecule has 0 aliphatic carbocycles. The monoisotopic (exact) mass is 355 g/mol. The highest BCUT2D eigenvalue weighted by molar-refractivity contribution is 5.85. The van der Waals surface area contributed by atoms with Crippen LogP contribution in [0.4, 0.5) is 0 Å². The number of piperidine rings is 1. The Kier molecular flexibility index (Phi) is 8.37. The lowest BCUT2D eigenvalue weighted by atomic mass is 9.98. The molecule has 1 fully saturated rings. The van der Waals surface area contributed by atoms with E-state index in [2.05, 4.69) is 5.32 Å². The minimum atomic E-state index is -0.887. The summed E-state index contributed by atoms with van der Waals surface area (Å²) in [5, 5.41) is 11.8. The maximum atomic E-state index is 12.3. The fourth-order valence-electron chi connectivity index (χ4n) is 2.78. The third-order valence-electron chi connectivity index (χ3n) is 4.17. The van der Waals surface area contributed by atoms with E-state index in [0.717, 1.165) is 0 Å². The van der Waals surface area contributed by atoms with Gasteiger partial charge in [-0.25, -0.2) is 0 Å². The van der Waals surface area contributed by atoms with Gasteiger partial charge in [-0.2, -0.15) is 0 Å². The van der Waals surface area contributed by atoms with Crippen molar-refractivity contribution in [1.82, 2.24) is 15.1 Å². The normalized spacial score (nSPS) is 17.3. The molecule has 1 heterocycles. The number of carboxylic acids is 1. The van der Waals surface area contributed by atoms with Gasteiger partial charge in [0.2, 0.25) is 17.7 Å². The summed E-state index contributed by atoms with van der Waals surface area (Å²) in [5.74, 6) is -1.94. The van der Waals surface area contributed by atoms with Crippen LogP contribution in [0.1, 0.15) is 46.0 Å². The molecule has 0 aromatic carbocycles. The molecule has 3 amide bonds. The predicted octanol–water partition coefficient (Wildman–Crippen LogP) is 0.463. The number of hydrogen-bond donors (Lipinski definition) is 2. The topological polar surface area (TPSA) is 107 Å². The molecule has 8 nitrogen and oxygen atoms in total. The number of likely N-dealkylation sites (tertiary alicyclic amines) is 1. The smallest absolute Gasteiger partial charge is 0.308 e. The molecule has 0 radical (unpaired) electrons. The summed E-state index contributed by atoms with van der Waals surface area (Å²) in [5.41, 5.74) is 0. The Morgan fingerprint density at radius 3 is 2.52 bits per heavy atom. The first-order chi connectivity index (χ1) is 11.7. The van der Waals surface area contributed by atoms with Gasteiger partial charge in [0.25, 0.3) is 0 Å². The number of rotatable bonds is 8. The maximum Gasteiger partial charge on any atom is 0.308 e. The molecular weight excluding hydrogens is 326 g/mol. The molecule has 0 bridgehead atoms. The van der Waals surface area contributed by atoms with E-state index in [9.17, 15) is 19.2 Å². The Morgan fingerprint density at radius 2 is 1.92 bits per heavy atom. The minimum absolute atomic E-state index is 0.0661. The van der Waals surface area contributed by atoms with Crippen LogP contribution in [-0.4, -0.2) is 71.3 Å². The molecule has 0 aromatic rings. The van der Waals surface area contributed by atoms with E-state index in [-0.39, 0.29) is 49.7 Å². The van der Waals surface area contributed by atoms with Gasteiger partial charge in [-0.15, -0.1) is 0 Å². The van der Waals surface area contributed by atoms with Gasteiger partial charge in [0.15, 0.2) is 0 Å². The van der Waals surface area contributed by atoms with E-state index >= 15 is 0 Å². The molecule has 1 aliphatic heterocycles. The van der Waals surface area contributed by atoms with Crippen LogP contribution in [0.15, 0.2) is 0 Å². The van der Waals surface area contributed by atoms with Crippen molar-refractivity contribution in [2.45, 2.75) is 52.0 Å². The number of carboxylic acid groups (broad SMARTS) is 1. The third kappa shape index (κ3) is 7.53. The van der Waals surface area contributed by atoms with Crippen LogP contribution in [0.3, 0.4) is 0 Å². The van der Waals surface area contributed by atoms with Gasteiger partial charge in [-0.3, -0.25) is 19.2 Å². The van der Waals surface area contributed by atoms with Crippen molar-refractivity contribution >= 4 is 23.7 Å². The summed E-state index contributed by atoms with van der Waals surface area (Å²) in [7, 11) is 1.55. The van der Waals surface area contributed by atoms with E-state index in [1.54, 1.807) is 7.05 Å². The van der Waals surface area contributed by atoms with Crippen LogP contribution >= 0.6 is 0 Å². The highest BCUT2D eigenvalue weighted by Crippen LogP contribution is 2.17. The van der Waals surface area contributed by atoms with E-state index in [4.69, 9.17) is 5.11 Å². The number of amides is 3. The Labute approximate surface area is 148 Å². The van der Waals surface area contributed by atoms with Crippen molar-refractivity contribution < 1.29 is 24.3 Å². The summed E-state index contributed by atoms with van der Waals surface area (Å²) >= 11 is 0. The standard InChI is InChI=1S/C17H29N3O5/c1-12(2)18-14(21)7-4-8-15(22)19(3)11-16(23)20-9-5-6-13(10-20)17(24)25/h12-13H,4-11H2,1-3H3,(H,18,21)(H,24,25). The molecule has 1 aliphatic rings.